The predicted molar refractivity (Wildman–Crippen MR) is 142 cm³/mol. The molecule has 2 aromatic carbocycles. The highest BCUT2D eigenvalue weighted by Crippen LogP contribution is 2.34. The van der Waals surface area contributed by atoms with Gasteiger partial charge in [-0.15, -0.1) is 24.0 Å². The van der Waals surface area contributed by atoms with Crippen molar-refractivity contribution in [1.29, 1.82) is 0 Å². The lowest BCUT2D eigenvalue weighted by Crippen LogP contribution is -2.38. The third-order valence-electron chi connectivity index (χ3n) is 4.77. The number of aliphatic imine (C=N–C) groups is 1. The van der Waals surface area contributed by atoms with E-state index in [1.807, 2.05) is 43.3 Å². The van der Waals surface area contributed by atoms with Gasteiger partial charge in [-0.3, -0.25) is 0 Å². The number of methoxy groups -OCH3 is 4. The van der Waals surface area contributed by atoms with E-state index in [1.165, 1.54) is 0 Å². The molecule has 0 atom stereocenters. The Balaban J connectivity index is 0.00000544. The average Bonchev–Trinajstić information content (AvgIpc) is 2.84. The van der Waals surface area contributed by atoms with Crippen LogP contribution in [0, 0.1) is 0 Å². The smallest absolute Gasteiger partial charge is 0.191 e. The molecule has 0 saturated carbocycles. The highest BCUT2D eigenvalue weighted by molar-refractivity contribution is 14.0. The molecule has 0 unspecified atom stereocenters. The molecule has 0 heterocycles. The van der Waals surface area contributed by atoms with Crippen LogP contribution in [-0.2, 0) is 17.8 Å². The fourth-order valence-corrected chi connectivity index (χ4v) is 3.01. The van der Waals surface area contributed by atoms with E-state index >= 15 is 0 Å². The Bertz CT molecular complexity index is 847. The van der Waals surface area contributed by atoms with Crippen LogP contribution in [0.25, 0.3) is 0 Å². The predicted octanol–water partition coefficient (Wildman–Crippen LogP) is 4.00. The summed E-state index contributed by atoms with van der Waals surface area (Å²) < 4.78 is 27.0. The van der Waals surface area contributed by atoms with Crippen molar-refractivity contribution < 1.29 is 23.7 Å². The van der Waals surface area contributed by atoms with Crippen molar-refractivity contribution in [3.8, 4) is 23.0 Å². The Kier molecular flexibility index (Phi) is 14.1. The monoisotopic (exact) mass is 573 g/mol. The number of nitrogens with zero attached hydrogens (tertiary/aromatic N) is 1. The molecule has 9 heteroatoms. The van der Waals surface area contributed by atoms with Gasteiger partial charge in [-0.05, 0) is 37.1 Å². The first-order valence-electron chi connectivity index (χ1n) is 10.7. The van der Waals surface area contributed by atoms with Crippen molar-refractivity contribution in [1.82, 2.24) is 10.6 Å². The van der Waals surface area contributed by atoms with E-state index in [1.54, 1.807) is 28.4 Å². The van der Waals surface area contributed by atoms with Gasteiger partial charge in [0.25, 0.3) is 0 Å². The van der Waals surface area contributed by atoms with Gasteiger partial charge in [-0.25, -0.2) is 4.99 Å². The minimum absolute atomic E-state index is 0. The molecule has 0 spiro atoms. The van der Waals surface area contributed by atoms with Crippen molar-refractivity contribution in [2.24, 2.45) is 4.99 Å². The quantitative estimate of drug-likeness (QED) is 0.162. The number of ether oxygens (including phenoxy) is 5. The third kappa shape index (κ3) is 9.55. The lowest BCUT2D eigenvalue weighted by molar-refractivity contribution is 0.145. The van der Waals surface area contributed by atoms with Crippen LogP contribution in [-0.4, -0.2) is 54.2 Å². The molecule has 0 aliphatic rings. The van der Waals surface area contributed by atoms with Crippen molar-refractivity contribution in [2.75, 3.05) is 48.2 Å². The summed E-state index contributed by atoms with van der Waals surface area (Å²) in [6, 6.07) is 11.6. The maximum Gasteiger partial charge on any atom is 0.191 e. The van der Waals surface area contributed by atoms with Crippen molar-refractivity contribution in [2.45, 2.75) is 26.4 Å². The molecule has 2 aromatic rings. The largest absolute Gasteiger partial charge is 0.497 e. The fourth-order valence-electron chi connectivity index (χ4n) is 3.01. The Morgan fingerprint density at radius 1 is 0.848 bits per heavy atom. The SMILES string of the molecule is CCOCCCNC(=NCc1ccc(OC)cc1)NCc1cc(OC)c(OC)cc1OC.I. The normalized spacial score (nSPS) is 10.8. The second-order valence-corrected chi connectivity index (χ2v) is 6.86. The fraction of sp³-hybridized carbons (Fsp3) is 0.458. The van der Waals surface area contributed by atoms with E-state index in [-0.39, 0.29) is 24.0 Å². The number of nitrogens with one attached hydrogen (secondary N) is 2. The van der Waals surface area contributed by atoms with Crippen LogP contribution in [0.2, 0.25) is 0 Å². The number of halogens is 1. The average molecular weight is 573 g/mol. The molecular formula is C24H36IN3O5. The summed E-state index contributed by atoms with van der Waals surface area (Å²) >= 11 is 0. The van der Waals surface area contributed by atoms with E-state index < -0.39 is 0 Å². The van der Waals surface area contributed by atoms with Crippen LogP contribution >= 0.6 is 24.0 Å². The molecule has 0 amide bonds. The van der Waals surface area contributed by atoms with Crippen LogP contribution in [0.1, 0.15) is 24.5 Å². The van der Waals surface area contributed by atoms with E-state index in [2.05, 4.69) is 10.6 Å². The summed E-state index contributed by atoms with van der Waals surface area (Å²) in [4.78, 5) is 4.73. The van der Waals surface area contributed by atoms with Gasteiger partial charge in [-0.2, -0.15) is 0 Å². The molecule has 0 aromatic heterocycles. The Morgan fingerprint density at radius 2 is 1.52 bits per heavy atom. The topological polar surface area (TPSA) is 82.6 Å². The zero-order valence-electron chi connectivity index (χ0n) is 20.1. The van der Waals surface area contributed by atoms with Crippen LogP contribution in [0.15, 0.2) is 41.4 Å². The zero-order chi connectivity index (χ0) is 23.2. The van der Waals surface area contributed by atoms with E-state index in [0.717, 1.165) is 36.4 Å². The summed E-state index contributed by atoms with van der Waals surface area (Å²) in [5, 5.41) is 6.75. The first-order valence-corrected chi connectivity index (χ1v) is 10.7. The minimum atomic E-state index is 0. The summed E-state index contributed by atoms with van der Waals surface area (Å²) in [5.74, 6) is 3.50. The molecular weight excluding hydrogens is 537 g/mol. The van der Waals surface area contributed by atoms with E-state index in [4.69, 9.17) is 28.7 Å². The molecule has 33 heavy (non-hydrogen) atoms. The molecule has 0 bridgehead atoms. The Labute approximate surface area is 214 Å². The molecule has 0 radical (unpaired) electrons. The Morgan fingerprint density at radius 3 is 2.12 bits per heavy atom. The highest BCUT2D eigenvalue weighted by atomic mass is 127. The summed E-state index contributed by atoms with van der Waals surface area (Å²) in [6.07, 6.45) is 0.886. The van der Waals surface area contributed by atoms with Crippen molar-refractivity contribution in [3.63, 3.8) is 0 Å². The van der Waals surface area contributed by atoms with Crippen LogP contribution < -0.4 is 29.6 Å². The van der Waals surface area contributed by atoms with E-state index in [0.29, 0.717) is 42.9 Å². The molecule has 8 nitrogen and oxygen atoms in total. The van der Waals surface area contributed by atoms with Gasteiger partial charge in [0.2, 0.25) is 0 Å². The summed E-state index contributed by atoms with van der Waals surface area (Å²) in [6.45, 7) is 5.20. The van der Waals surface area contributed by atoms with Crippen molar-refractivity contribution >= 4 is 29.9 Å². The molecule has 0 saturated heterocycles. The van der Waals surface area contributed by atoms with Crippen LogP contribution in [0.5, 0.6) is 23.0 Å². The summed E-state index contributed by atoms with van der Waals surface area (Å²) in [7, 11) is 6.51. The number of hydrogen-bond donors (Lipinski definition) is 2. The number of guanidine groups is 1. The molecule has 2 N–H and O–H groups in total. The maximum absolute atomic E-state index is 5.53. The van der Waals surface area contributed by atoms with Gasteiger partial charge in [-0.1, -0.05) is 12.1 Å². The first-order chi connectivity index (χ1) is 15.6. The number of hydrogen-bond acceptors (Lipinski definition) is 6. The van der Waals surface area contributed by atoms with Crippen LogP contribution in [0.4, 0.5) is 0 Å². The molecule has 0 aliphatic heterocycles. The molecule has 0 fully saturated rings. The maximum atomic E-state index is 5.53. The number of benzene rings is 2. The second-order valence-electron chi connectivity index (χ2n) is 6.86. The minimum Gasteiger partial charge on any atom is -0.497 e. The van der Waals surface area contributed by atoms with E-state index in [9.17, 15) is 0 Å². The standard InChI is InChI=1S/C24H35N3O5.HI/c1-6-32-13-7-12-25-24(26-16-18-8-10-20(28-2)11-9-18)27-17-19-14-22(30-4)23(31-5)15-21(19)29-3;/h8-11,14-15H,6-7,12-13,16-17H2,1-5H3,(H2,25,26,27);1H. The zero-order valence-corrected chi connectivity index (χ0v) is 22.4. The lowest BCUT2D eigenvalue weighted by Gasteiger charge is -2.17. The highest BCUT2D eigenvalue weighted by Gasteiger charge is 2.12. The van der Waals surface area contributed by atoms with Gasteiger partial charge in [0.05, 0.1) is 35.0 Å². The number of rotatable bonds is 13. The van der Waals surface area contributed by atoms with Gasteiger partial charge in [0.1, 0.15) is 11.5 Å². The van der Waals surface area contributed by atoms with Crippen molar-refractivity contribution in [3.05, 3.63) is 47.5 Å². The van der Waals surface area contributed by atoms with Gasteiger partial charge < -0.3 is 34.3 Å². The van der Waals surface area contributed by atoms with Gasteiger partial charge >= 0.3 is 0 Å². The molecule has 0 aliphatic carbocycles. The first kappa shape index (κ1) is 28.6. The molecule has 184 valence electrons. The van der Waals surface area contributed by atoms with Crippen LogP contribution in [0.3, 0.4) is 0 Å². The summed E-state index contributed by atoms with van der Waals surface area (Å²) in [5.41, 5.74) is 2.02. The molecule has 2 rings (SSSR count). The van der Waals surface area contributed by atoms with Gasteiger partial charge in [0.15, 0.2) is 17.5 Å². The third-order valence-corrected chi connectivity index (χ3v) is 4.77. The Hall–Kier alpha value is -2.40. The second kappa shape index (κ2) is 16.2. The van der Waals surface area contributed by atoms with Gasteiger partial charge in [0, 0.05) is 37.9 Å². The lowest BCUT2D eigenvalue weighted by atomic mass is 10.1.